The number of aliphatic hydroxyl groups is 4. The molecule has 27 heteroatoms. The topological polar surface area (TPSA) is 348 Å². The number of rotatable bonds is 22. The van der Waals surface area contributed by atoms with E-state index in [2.05, 4.69) is 84.4 Å². The smallest absolute Gasteiger partial charge is 0.171 e. The number of ketones is 4. The molecule has 16 fully saturated rings. The van der Waals surface area contributed by atoms with Crippen LogP contribution < -0.4 is 0 Å². The summed E-state index contributed by atoms with van der Waals surface area (Å²) in [6.45, 7) is 23.5. The van der Waals surface area contributed by atoms with Crippen LogP contribution in [0.4, 0.5) is 0 Å². The highest BCUT2D eigenvalue weighted by Crippen LogP contribution is 2.70. The number of ether oxygens (including phenoxy) is 4. The van der Waals surface area contributed by atoms with Gasteiger partial charge in [-0.15, -0.1) is 30.6 Å². The van der Waals surface area contributed by atoms with Crippen molar-refractivity contribution in [3.8, 4) is 0 Å². The summed E-state index contributed by atoms with van der Waals surface area (Å²) in [7, 11) is 3.39. The van der Waals surface area contributed by atoms with E-state index in [1.54, 1.807) is 49.8 Å². The van der Waals surface area contributed by atoms with Gasteiger partial charge in [0.25, 0.3) is 0 Å². The van der Waals surface area contributed by atoms with Crippen LogP contribution in [0.5, 0.6) is 0 Å². The highest BCUT2D eigenvalue weighted by molar-refractivity contribution is 5.83. The van der Waals surface area contributed by atoms with Crippen LogP contribution in [0.2, 0.25) is 0 Å². The Morgan fingerprint density at radius 3 is 0.976 bits per heavy atom. The molecule has 16 aliphatic rings. The van der Waals surface area contributed by atoms with Crippen LogP contribution in [-0.2, 0) is 64.3 Å². The first-order valence-electron chi connectivity index (χ1n) is 50.1. The fourth-order valence-electron chi connectivity index (χ4n) is 34.1. The third-order valence-electron chi connectivity index (χ3n) is 39.5. The van der Waals surface area contributed by atoms with Gasteiger partial charge in [0, 0.05) is 57.3 Å². The van der Waals surface area contributed by atoms with Crippen LogP contribution >= 0.6 is 0 Å². The van der Waals surface area contributed by atoms with Crippen molar-refractivity contribution in [2.45, 2.75) is 342 Å². The highest BCUT2D eigenvalue weighted by Gasteiger charge is 2.65. The van der Waals surface area contributed by atoms with Crippen LogP contribution in [0.3, 0.4) is 0 Å². The predicted octanol–water partition coefficient (Wildman–Crippen LogP) is 13.9. The van der Waals surface area contributed by atoms with Crippen LogP contribution in [-0.4, -0.2) is 195 Å². The number of tetrazole rings is 3. The number of aromatic nitrogens is 15. The second kappa shape index (κ2) is 37.0. The SMILES string of the molecule is CCOC[C@@]1(O)CC[C@H]2[C@H](CC[C@@H]3[C@@H]2CC[C@]2(C)[C@@H](C(=O)Cn4nnc(C)n4)CC[C@@H]32)C1.CCOC[C@@]1(O)CC[C@H]2[C@H](CC[C@@H]3[C@@H]2CC[C@]2(C)[C@@H](C(=O)Cn4nnnc4C)CC[C@@H]32)C1.COC[C@@]1(O)CC[C@H]2[C@H](CC[C@@H]3[C@@H]2CC[C@]2(C)[C@@H](C(=O)Cn4ccnn4)CC[C@@H]32)C1.COC[C@@]1(O)CC[C@H]2[C@H](CC[C@@H]3[C@@H]2CC[C@]2(C)[C@@H](C(=O)Cn4nnc(C)n4)CC[C@@H]32)C1. The van der Waals surface area contributed by atoms with Crippen LogP contribution in [0.25, 0.3) is 0 Å². The first kappa shape index (κ1) is 91.6. The van der Waals surface area contributed by atoms with Crippen LogP contribution in [0.1, 0.15) is 290 Å². The normalized spacial score (nSPS) is 44.1. The molecule has 0 aliphatic heterocycles. The second-order valence-corrected chi connectivity index (χ2v) is 45.5. The number of fused-ring (bicyclic) bond motifs is 20. The lowest BCUT2D eigenvalue weighted by Gasteiger charge is -2.57. The van der Waals surface area contributed by atoms with Gasteiger partial charge >= 0.3 is 0 Å². The molecule has 4 aromatic rings. The summed E-state index contributed by atoms with van der Waals surface area (Å²) < 4.78 is 25.2. The molecular formula is C98H155N15O12. The highest BCUT2D eigenvalue weighted by atomic mass is 16.5. The third kappa shape index (κ3) is 18.0. The van der Waals surface area contributed by atoms with Gasteiger partial charge in [-0.05, 0) is 427 Å². The Hall–Kier alpha value is -5.29. The molecule has 32 atom stereocenters. The molecule has 16 saturated carbocycles. The van der Waals surface area contributed by atoms with E-state index < -0.39 is 22.4 Å². The molecule has 16 aliphatic carbocycles. The Kier molecular flexibility index (Phi) is 27.1. The molecule has 4 N–H and O–H groups in total. The lowest BCUT2D eigenvalue weighted by Crippen LogP contribution is -2.52. The molecule has 0 radical (unpaired) electrons. The maximum Gasteiger partial charge on any atom is 0.171 e. The van der Waals surface area contributed by atoms with E-state index in [1.165, 1.54) is 119 Å². The molecule has 4 heterocycles. The molecule has 694 valence electrons. The summed E-state index contributed by atoms with van der Waals surface area (Å²) in [4.78, 5) is 55.9. The molecule has 0 unspecified atom stereocenters. The van der Waals surface area contributed by atoms with Crippen molar-refractivity contribution in [3.63, 3.8) is 0 Å². The zero-order chi connectivity index (χ0) is 87.8. The van der Waals surface area contributed by atoms with Gasteiger partial charge in [0.15, 0.2) is 34.8 Å². The van der Waals surface area contributed by atoms with Gasteiger partial charge in [0.2, 0.25) is 0 Å². The third-order valence-corrected chi connectivity index (χ3v) is 39.5. The standard InChI is InChI=1S/2C25H40N4O3.C24H38N4O3.C24H37N3O3/c1-4-32-15-25(31)12-10-18-17(13-25)5-6-20-19(18)9-11-24(3)21(20)7-8-22(24)23(30)14-29-16(2)26-27-28-29;1-4-32-15-25(31)12-10-18-17(13-25)5-6-20-19(18)9-11-24(3)21(20)7-8-22(24)23(30)14-29-27-16(2)26-28-29;1-15-25-27-28(26-15)13-22(29)21-7-6-20-19-5-4-16-12-24(30,14-31-3)11-9-17(16)18(19)8-10-23(20,21)2;1-23-9-7-18-17-8-10-24(29,15-30-2)13-16(17)3-4-19(18)20(23)5-6-21(23)22(28)14-27-12-11-25-26-27/h2*17-22,31H,4-15H2,1-3H3;16-21,30H,4-14H2,1-3H3;11-12,16-21,29H,3-10,13-15H2,1-2H3/t2*17-,18+,19-,20-,21+,22-,24+,25-;2*16-,17+,18-,19-,20+,21-,23+,24-/m1111/s1. The molecule has 27 nitrogen and oxygen atoms in total. The summed E-state index contributed by atoms with van der Waals surface area (Å²) >= 11 is 0. The maximum atomic E-state index is 13.3. The Bertz CT molecular complexity index is 4350. The Labute approximate surface area is 742 Å². The summed E-state index contributed by atoms with van der Waals surface area (Å²) in [6, 6.07) is 0. The number of hydrogen-bond acceptors (Lipinski definition) is 23. The Morgan fingerprint density at radius 2 is 0.688 bits per heavy atom. The molecule has 0 spiro atoms. The van der Waals surface area contributed by atoms with Gasteiger partial charge in [-0.2, -0.15) is 9.59 Å². The van der Waals surface area contributed by atoms with E-state index in [9.17, 15) is 39.6 Å². The predicted molar refractivity (Wildman–Crippen MR) is 467 cm³/mol. The molecule has 0 aromatic carbocycles. The van der Waals surface area contributed by atoms with E-state index >= 15 is 0 Å². The van der Waals surface area contributed by atoms with Crippen molar-refractivity contribution in [1.82, 2.24) is 75.6 Å². The van der Waals surface area contributed by atoms with Gasteiger partial charge in [0.05, 0.1) is 55.0 Å². The maximum absolute atomic E-state index is 13.3. The monoisotopic (exact) mass is 1730 g/mol. The number of carbonyl (C=O) groups excluding carboxylic acids is 4. The minimum atomic E-state index is -0.620. The van der Waals surface area contributed by atoms with Gasteiger partial charge in [0.1, 0.15) is 32.0 Å². The second-order valence-electron chi connectivity index (χ2n) is 45.5. The van der Waals surface area contributed by atoms with Gasteiger partial charge in [-0.3, -0.25) is 19.2 Å². The van der Waals surface area contributed by atoms with E-state index in [1.807, 2.05) is 20.8 Å². The van der Waals surface area contributed by atoms with E-state index in [4.69, 9.17) is 18.9 Å². The number of hydrogen-bond donors (Lipinski definition) is 4. The molecule has 20 rings (SSSR count). The van der Waals surface area contributed by atoms with Crippen LogP contribution in [0, 0.1) is 184 Å². The number of methoxy groups -OCH3 is 2. The molecule has 0 saturated heterocycles. The van der Waals surface area contributed by atoms with Gasteiger partial charge < -0.3 is 39.4 Å². The summed E-state index contributed by atoms with van der Waals surface area (Å²) in [5, 5.41) is 87.8. The van der Waals surface area contributed by atoms with Gasteiger partial charge in [-0.25, -0.2) is 9.36 Å². The lowest BCUT2D eigenvalue weighted by atomic mass is 9.49. The largest absolute Gasteiger partial charge is 0.387 e. The summed E-state index contributed by atoms with van der Waals surface area (Å²) in [5.74, 6) is 18.1. The molecule has 0 amide bonds. The Balaban J connectivity index is 0.000000118. The van der Waals surface area contributed by atoms with E-state index in [0.717, 1.165) is 193 Å². The average Bonchev–Trinajstić information content (AvgIpc) is 1.64. The average molecular weight is 1740 g/mol. The first-order valence-corrected chi connectivity index (χ1v) is 50.1. The Morgan fingerprint density at radius 1 is 0.368 bits per heavy atom. The summed E-state index contributed by atoms with van der Waals surface area (Å²) in [6.07, 6.45) is 43.6. The van der Waals surface area contributed by atoms with E-state index in [0.29, 0.717) is 129 Å². The number of nitrogens with zero attached hydrogens (tertiary/aromatic N) is 15. The van der Waals surface area contributed by atoms with Crippen molar-refractivity contribution < 1.29 is 58.6 Å². The van der Waals surface area contributed by atoms with Crippen molar-refractivity contribution in [1.29, 1.82) is 0 Å². The quantitative estimate of drug-likeness (QED) is 0.0568. The molecule has 4 aromatic heterocycles. The number of aryl methyl sites for hydroxylation is 3. The molecule has 125 heavy (non-hydrogen) atoms. The molecular weight excluding hydrogens is 1580 g/mol. The van der Waals surface area contributed by atoms with Crippen LogP contribution in [0.15, 0.2) is 12.4 Å². The minimum absolute atomic E-state index is 0.116. The zero-order valence-electron chi connectivity index (χ0n) is 77.8. The number of Topliss-reactive ketones (excluding diaryl/α,β-unsaturated/α-hetero) is 4. The van der Waals surface area contributed by atoms with Gasteiger partial charge in [-0.1, -0.05) is 32.9 Å². The summed E-state index contributed by atoms with van der Waals surface area (Å²) in [5.41, 5.74) is -1.97. The molecule has 0 bridgehead atoms. The first-order chi connectivity index (χ1) is 59.9. The van der Waals surface area contributed by atoms with Crippen molar-refractivity contribution >= 4 is 23.1 Å². The van der Waals surface area contributed by atoms with Crippen molar-refractivity contribution in [2.24, 2.45) is 164 Å². The van der Waals surface area contributed by atoms with Crippen molar-refractivity contribution in [3.05, 3.63) is 29.9 Å². The fourth-order valence-corrected chi connectivity index (χ4v) is 34.1. The fraction of sp³-hybridized carbons (Fsp3) is 0.908. The lowest BCUT2D eigenvalue weighted by molar-refractivity contribution is -0.138. The van der Waals surface area contributed by atoms with E-state index in [-0.39, 0.29) is 70.0 Å². The number of carbonyl (C=O) groups is 4. The minimum Gasteiger partial charge on any atom is -0.387 e. The van der Waals surface area contributed by atoms with Crippen molar-refractivity contribution in [2.75, 3.05) is 53.9 Å². The zero-order valence-corrected chi connectivity index (χ0v) is 77.8.